The Balaban J connectivity index is 1.92. The number of ether oxygens (including phenoxy) is 1. The van der Waals surface area contributed by atoms with Crippen molar-refractivity contribution in [3.8, 4) is 5.75 Å². The number of urea groups is 1. The van der Waals surface area contributed by atoms with Crippen molar-refractivity contribution in [3.63, 3.8) is 0 Å². The molecule has 2 aromatic carbocycles. The fraction of sp³-hybridized carbons (Fsp3) is 0.0588. The SMILES string of the molecule is COc1ccc(/C=C2\NC(=O)N(c3cccc(Cl)c3)C2=O)cc1I. The van der Waals surface area contributed by atoms with Gasteiger partial charge in [0.15, 0.2) is 0 Å². The highest BCUT2D eigenvalue weighted by Gasteiger charge is 2.34. The highest BCUT2D eigenvalue weighted by molar-refractivity contribution is 14.1. The minimum atomic E-state index is -0.503. The van der Waals surface area contributed by atoms with Crippen molar-refractivity contribution in [3.05, 3.63) is 62.3 Å². The molecule has 1 heterocycles. The summed E-state index contributed by atoms with van der Waals surface area (Å²) >= 11 is 8.08. The van der Waals surface area contributed by atoms with Crippen LogP contribution < -0.4 is 15.0 Å². The third kappa shape index (κ3) is 3.25. The fourth-order valence-electron chi connectivity index (χ4n) is 2.32. The van der Waals surface area contributed by atoms with Crippen LogP contribution in [0.25, 0.3) is 6.08 Å². The zero-order valence-electron chi connectivity index (χ0n) is 12.5. The second-order valence-corrected chi connectivity index (χ2v) is 6.60. The van der Waals surface area contributed by atoms with Gasteiger partial charge in [-0.3, -0.25) is 4.79 Å². The van der Waals surface area contributed by atoms with E-state index in [-0.39, 0.29) is 5.70 Å². The first-order valence-electron chi connectivity index (χ1n) is 6.96. The summed E-state index contributed by atoms with van der Waals surface area (Å²) in [5.41, 5.74) is 1.43. The molecule has 3 rings (SSSR count). The molecule has 0 aromatic heterocycles. The Morgan fingerprint density at radius 2 is 2.00 bits per heavy atom. The van der Waals surface area contributed by atoms with Crippen molar-refractivity contribution in [2.24, 2.45) is 0 Å². The molecule has 0 aliphatic carbocycles. The van der Waals surface area contributed by atoms with Crippen molar-refractivity contribution in [2.45, 2.75) is 0 Å². The molecule has 0 unspecified atom stereocenters. The molecule has 3 amide bonds. The van der Waals surface area contributed by atoms with Crippen molar-refractivity contribution in [2.75, 3.05) is 12.0 Å². The minimum absolute atomic E-state index is 0.209. The smallest absolute Gasteiger partial charge is 0.333 e. The van der Waals surface area contributed by atoms with Crippen LogP contribution in [0, 0.1) is 3.57 Å². The summed E-state index contributed by atoms with van der Waals surface area (Å²) in [6.45, 7) is 0. The van der Waals surface area contributed by atoms with E-state index in [4.69, 9.17) is 16.3 Å². The lowest BCUT2D eigenvalue weighted by atomic mass is 10.2. The van der Waals surface area contributed by atoms with Gasteiger partial charge in [-0.25, -0.2) is 9.69 Å². The highest BCUT2D eigenvalue weighted by Crippen LogP contribution is 2.26. The van der Waals surface area contributed by atoms with Gasteiger partial charge in [0.2, 0.25) is 0 Å². The third-order valence-electron chi connectivity index (χ3n) is 3.43. The first-order chi connectivity index (χ1) is 11.5. The molecule has 0 radical (unpaired) electrons. The van der Waals surface area contributed by atoms with Crippen LogP contribution in [0.15, 0.2) is 48.2 Å². The molecule has 1 aliphatic heterocycles. The molecule has 0 saturated carbocycles. The summed E-state index contributed by atoms with van der Waals surface area (Å²) in [6, 6.07) is 11.6. The molecule has 122 valence electrons. The Morgan fingerprint density at radius 1 is 1.21 bits per heavy atom. The lowest BCUT2D eigenvalue weighted by Gasteiger charge is -2.11. The molecular weight excluding hydrogens is 443 g/mol. The Kier molecular flexibility index (Phi) is 4.77. The van der Waals surface area contributed by atoms with Gasteiger partial charge in [0.25, 0.3) is 5.91 Å². The average molecular weight is 455 g/mol. The van der Waals surface area contributed by atoms with Gasteiger partial charge < -0.3 is 10.1 Å². The van der Waals surface area contributed by atoms with Crippen LogP contribution >= 0.6 is 34.2 Å². The van der Waals surface area contributed by atoms with Crippen LogP contribution in [0.4, 0.5) is 10.5 Å². The van der Waals surface area contributed by atoms with Gasteiger partial charge in [-0.2, -0.15) is 0 Å². The lowest BCUT2D eigenvalue weighted by Crippen LogP contribution is -2.30. The number of hydrogen-bond donors (Lipinski definition) is 1. The highest BCUT2D eigenvalue weighted by atomic mass is 127. The number of methoxy groups -OCH3 is 1. The van der Waals surface area contributed by atoms with Crippen molar-refractivity contribution in [1.82, 2.24) is 5.32 Å². The number of benzene rings is 2. The number of halogens is 2. The predicted molar refractivity (Wildman–Crippen MR) is 101 cm³/mol. The van der Waals surface area contributed by atoms with E-state index in [0.29, 0.717) is 10.7 Å². The summed E-state index contributed by atoms with van der Waals surface area (Å²) in [7, 11) is 1.60. The van der Waals surface area contributed by atoms with E-state index in [1.54, 1.807) is 37.5 Å². The molecule has 1 saturated heterocycles. The number of carbonyl (C=O) groups is 2. The Bertz CT molecular complexity index is 867. The van der Waals surface area contributed by atoms with Gasteiger partial charge in [0, 0.05) is 5.02 Å². The minimum Gasteiger partial charge on any atom is -0.496 e. The molecule has 7 heteroatoms. The van der Waals surface area contributed by atoms with E-state index < -0.39 is 11.9 Å². The number of nitrogens with one attached hydrogen (secondary N) is 1. The first-order valence-corrected chi connectivity index (χ1v) is 8.41. The van der Waals surface area contributed by atoms with Crippen LogP contribution in [0.3, 0.4) is 0 Å². The van der Waals surface area contributed by atoms with Crippen molar-refractivity contribution >= 4 is 57.9 Å². The molecule has 24 heavy (non-hydrogen) atoms. The van der Waals surface area contributed by atoms with Crippen LogP contribution in [0.1, 0.15) is 5.56 Å². The normalized spacial score (nSPS) is 15.8. The average Bonchev–Trinajstić information content (AvgIpc) is 2.81. The van der Waals surface area contributed by atoms with E-state index in [0.717, 1.165) is 19.8 Å². The standard InChI is InChI=1S/C17H12ClIN2O3/c1-24-15-6-5-10(7-13(15)19)8-14-16(22)21(17(23)20-14)12-4-2-3-11(18)9-12/h2-9H,1H3,(H,20,23)/b14-8-. The van der Waals surface area contributed by atoms with Gasteiger partial charge >= 0.3 is 6.03 Å². The van der Waals surface area contributed by atoms with E-state index in [2.05, 4.69) is 27.9 Å². The quantitative estimate of drug-likeness (QED) is 0.432. The molecule has 5 nitrogen and oxygen atoms in total. The topological polar surface area (TPSA) is 58.6 Å². The zero-order valence-corrected chi connectivity index (χ0v) is 15.5. The van der Waals surface area contributed by atoms with Crippen molar-refractivity contribution in [1.29, 1.82) is 0 Å². The van der Waals surface area contributed by atoms with E-state index >= 15 is 0 Å². The Morgan fingerprint density at radius 3 is 2.67 bits per heavy atom. The van der Waals surface area contributed by atoms with E-state index in [9.17, 15) is 9.59 Å². The summed E-state index contributed by atoms with van der Waals surface area (Å²) in [5.74, 6) is 0.327. The molecule has 1 N–H and O–H groups in total. The molecule has 1 fully saturated rings. The number of hydrogen-bond acceptors (Lipinski definition) is 3. The predicted octanol–water partition coefficient (Wildman–Crippen LogP) is 4.05. The number of carbonyl (C=O) groups excluding carboxylic acids is 2. The van der Waals surface area contributed by atoms with Crippen molar-refractivity contribution < 1.29 is 14.3 Å². The van der Waals surface area contributed by atoms with E-state index in [1.807, 2.05) is 18.2 Å². The number of rotatable bonds is 3. The van der Waals surface area contributed by atoms with Gasteiger partial charge in [0.05, 0.1) is 16.4 Å². The third-order valence-corrected chi connectivity index (χ3v) is 4.51. The fourth-order valence-corrected chi connectivity index (χ4v) is 3.27. The molecular formula is C17H12ClIN2O3. The Labute approximate surface area is 157 Å². The number of imide groups is 1. The van der Waals surface area contributed by atoms with Crippen LogP contribution in [-0.4, -0.2) is 19.0 Å². The van der Waals surface area contributed by atoms with Crippen LogP contribution in [0.5, 0.6) is 5.75 Å². The maximum absolute atomic E-state index is 12.5. The summed E-state index contributed by atoms with van der Waals surface area (Å²) in [5, 5.41) is 3.04. The van der Waals surface area contributed by atoms with E-state index in [1.165, 1.54) is 0 Å². The monoisotopic (exact) mass is 454 g/mol. The van der Waals surface area contributed by atoms with Gasteiger partial charge in [-0.15, -0.1) is 0 Å². The maximum atomic E-state index is 12.5. The first kappa shape index (κ1) is 16.8. The second kappa shape index (κ2) is 6.82. The van der Waals surface area contributed by atoms with Gasteiger partial charge in [-0.05, 0) is 64.6 Å². The largest absolute Gasteiger partial charge is 0.496 e. The number of anilines is 1. The molecule has 0 atom stereocenters. The molecule has 0 bridgehead atoms. The Hall–Kier alpha value is -2.06. The van der Waals surface area contributed by atoms with Gasteiger partial charge in [0.1, 0.15) is 11.4 Å². The molecule has 1 aliphatic rings. The second-order valence-electron chi connectivity index (χ2n) is 5.00. The van der Waals surface area contributed by atoms with Crippen LogP contribution in [0.2, 0.25) is 5.02 Å². The summed E-state index contributed by atoms with van der Waals surface area (Å²) < 4.78 is 6.12. The molecule has 0 spiro atoms. The zero-order chi connectivity index (χ0) is 17.3. The molecule has 2 aromatic rings. The van der Waals surface area contributed by atoms with Gasteiger partial charge in [-0.1, -0.05) is 23.7 Å². The number of amides is 3. The summed E-state index contributed by atoms with van der Waals surface area (Å²) in [6.07, 6.45) is 1.63. The number of nitrogens with zero attached hydrogens (tertiary/aromatic N) is 1. The van der Waals surface area contributed by atoms with Crippen LogP contribution in [-0.2, 0) is 4.79 Å². The lowest BCUT2D eigenvalue weighted by molar-refractivity contribution is -0.113. The summed E-state index contributed by atoms with van der Waals surface area (Å²) in [4.78, 5) is 25.8. The maximum Gasteiger partial charge on any atom is 0.333 e.